The fraction of sp³-hybridized carbons (Fsp3) is 0.222. The summed E-state index contributed by atoms with van der Waals surface area (Å²) in [7, 11) is 0. The molecule has 2 N–H and O–H groups in total. The van der Waals surface area contributed by atoms with Crippen LogP contribution in [-0.2, 0) is 9.53 Å². The molecule has 2 heterocycles. The number of rotatable bonds is 4. The number of carbonyl (C=O) groups is 3. The molecule has 8 nitrogen and oxygen atoms in total. The Labute approximate surface area is 157 Å². The molecule has 3 rings (SSSR count). The largest absolute Gasteiger partial charge is 0.451 e. The molecule has 3 amide bonds. The van der Waals surface area contributed by atoms with Crippen molar-refractivity contribution in [3.63, 3.8) is 0 Å². The van der Waals surface area contributed by atoms with Crippen molar-refractivity contribution >= 4 is 40.6 Å². The van der Waals surface area contributed by atoms with Crippen LogP contribution in [0.25, 0.3) is 11.0 Å². The molecule has 2 aromatic rings. The zero-order valence-corrected chi connectivity index (χ0v) is 15.1. The van der Waals surface area contributed by atoms with Gasteiger partial charge in [0.15, 0.2) is 11.2 Å². The van der Waals surface area contributed by atoms with Gasteiger partial charge in [-0.2, -0.15) is 0 Å². The molecule has 0 bridgehead atoms. The Balaban J connectivity index is 1.74. The molecule has 0 fully saturated rings. The average Bonchev–Trinajstić information content (AvgIpc) is 3.10. The molecule has 0 aliphatic carbocycles. The van der Waals surface area contributed by atoms with E-state index in [1.165, 1.54) is 11.8 Å². The van der Waals surface area contributed by atoms with Crippen LogP contribution >= 0.6 is 11.8 Å². The number of imide groups is 1. The Hall–Kier alpha value is -3.07. The quantitative estimate of drug-likeness (QED) is 0.821. The molecular formula is C18H16N2O6S. The highest BCUT2D eigenvalue weighted by molar-refractivity contribution is 8.00. The number of hydrogen-bond acceptors (Lipinski definition) is 7. The lowest BCUT2D eigenvalue weighted by atomic mass is 10.2. The van der Waals surface area contributed by atoms with Gasteiger partial charge in [-0.1, -0.05) is 18.2 Å². The van der Waals surface area contributed by atoms with Crippen LogP contribution in [0, 0.1) is 0 Å². The van der Waals surface area contributed by atoms with Gasteiger partial charge in [0.1, 0.15) is 11.0 Å². The van der Waals surface area contributed by atoms with Crippen LogP contribution in [0.4, 0.5) is 4.79 Å². The first-order chi connectivity index (χ1) is 13.0. The second-order valence-corrected chi connectivity index (χ2v) is 6.63. The van der Waals surface area contributed by atoms with Crippen molar-refractivity contribution in [2.24, 2.45) is 0 Å². The van der Waals surface area contributed by atoms with Crippen molar-refractivity contribution in [2.75, 3.05) is 12.4 Å². The normalized spacial score (nSPS) is 15.9. The predicted molar refractivity (Wildman–Crippen MR) is 99.4 cm³/mol. The van der Waals surface area contributed by atoms with E-state index in [9.17, 15) is 19.2 Å². The summed E-state index contributed by atoms with van der Waals surface area (Å²) in [4.78, 5) is 48.2. The molecule has 0 spiro atoms. The number of thioether (sulfide) groups is 1. The number of nitrogens with one attached hydrogen (secondary N) is 2. The van der Waals surface area contributed by atoms with E-state index in [0.717, 1.165) is 6.07 Å². The van der Waals surface area contributed by atoms with E-state index < -0.39 is 23.3 Å². The summed E-state index contributed by atoms with van der Waals surface area (Å²) in [5.41, 5.74) is 0.187. The van der Waals surface area contributed by atoms with Gasteiger partial charge in [-0.3, -0.25) is 19.7 Å². The van der Waals surface area contributed by atoms with Crippen LogP contribution < -0.4 is 16.1 Å². The first-order valence-corrected chi connectivity index (χ1v) is 9.18. The Bertz CT molecular complexity index is 997. The molecule has 0 radical (unpaired) electrons. The summed E-state index contributed by atoms with van der Waals surface area (Å²) in [6, 6.07) is 7.71. The van der Waals surface area contributed by atoms with E-state index >= 15 is 0 Å². The number of amides is 3. The van der Waals surface area contributed by atoms with Gasteiger partial charge in [-0.15, -0.1) is 11.8 Å². The predicted octanol–water partition coefficient (Wildman–Crippen LogP) is 1.79. The molecule has 1 aliphatic heterocycles. The molecular weight excluding hydrogens is 372 g/mol. The van der Waals surface area contributed by atoms with Gasteiger partial charge in [0.05, 0.1) is 12.0 Å². The van der Waals surface area contributed by atoms with Crippen LogP contribution in [0.15, 0.2) is 51.2 Å². The Morgan fingerprint density at radius 1 is 1.26 bits per heavy atom. The minimum Gasteiger partial charge on any atom is -0.451 e. The Kier molecular flexibility index (Phi) is 5.60. The number of alkyl carbamates (subject to hydrolysis) is 1. The van der Waals surface area contributed by atoms with Gasteiger partial charge in [0.25, 0.3) is 11.8 Å². The van der Waals surface area contributed by atoms with Crippen molar-refractivity contribution < 1.29 is 23.5 Å². The first kappa shape index (κ1) is 18.7. The molecule has 1 atom stereocenters. The lowest BCUT2D eigenvalue weighted by Gasteiger charge is -2.15. The molecule has 27 heavy (non-hydrogen) atoms. The van der Waals surface area contributed by atoms with Crippen LogP contribution in [0.3, 0.4) is 0 Å². The number of benzene rings is 1. The maximum atomic E-state index is 12.5. The van der Waals surface area contributed by atoms with Gasteiger partial charge in [0, 0.05) is 17.4 Å². The molecule has 9 heteroatoms. The molecule has 0 saturated carbocycles. The highest BCUT2D eigenvalue weighted by Gasteiger charge is 2.29. The molecule has 1 aliphatic rings. The SMILES string of the molecule is CCOC(=O)NC(=O)C1=CCSC1NC(=O)c1cc(=O)c2ccccc2o1. The van der Waals surface area contributed by atoms with Gasteiger partial charge in [-0.05, 0) is 19.1 Å². The van der Waals surface area contributed by atoms with Crippen LogP contribution in [0.5, 0.6) is 0 Å². The first-order valence-electron chi connectivity index (χ1n) is 8.13. The van der Waals surface area contributed by atoms with Crippen molar-refractivity contribution in [3.8, 4) is 0 Å². The second-order valence-electron chi connectivity index (χ2n) is 5.49. The lowest BCUT2D eigenvalue weighted by molar-refractivity contribution is -0.117. The Morgan fingerprint density at radius 2 is 2.04 bits per heavy atom. The molecule has 0 saturated heterocycles. The number of ether oxygens (including phenoxy) is 1. The number of fused-ring (bicyclic) bond motifs is 1. The highest BCUT2D eigenvalue weighted by Crippen LogP contribution is 2.25. The van der Waals surface area contributed by atoms with E-state index in [-0.39, 0.29) is 23.4 Å². The van der Waals surface area contributed by atoms with Crippen LogP contribution in [0.2, 0.25) is 0 Å². The van der Waals surface area contributed by atoms with Gasteiger partial charge < -0.3 is 14.5 Å². The van der Waals surface area contributed by atoms with E-state index in [0.29, 0.717) is 16.7 Å². The second kappa shape index (κ2) is 8.09. The average molecular weight is 388 g/mol. The fourth-order valence-corrected chi connectivity index (χ4v) is 3.54. The smallest absolute Gasteiger partial charge is 0.414 e. The van der Waals surface area contributed by atoms with Crippen molar-refractivity contribution in [1.29, 1.82) is 0 Å². The van der Waals surface area contributed by atoms with E-state index in [1.54, 1.807) is 37.3 Å². The maximum Gasteiger partial charge on any atom is 0.414 e. The summed E-state index contributed by atoms with van der Waals surface area (Å²) in [6.07, 6.45) is 0.756. The van der Waals surface area contributed by atoms with Crippen molar-refractivity contribution in [2.45, 2.75) is 12.3 Å². The minimum atomic E-state index is -0.856. The summed E-state index contributed by atoms with van der Waals surface area (Å²) in [5.74, 6) is -0.954. The topological polar surface area (TPSA) is 115 Å². The third-order valence-corrected chi connectivity index (χ3v) is 4.79. The number of hydrogen-bond donors (Lipinski definition) is 2. The zero-order chi connectivity index (χ0) is 19.4. The van der Waals surface area contributed by atoms with E-state index in [4.69, 9.17) is 4.42 Å². The van der Waals surface area contributed by atoms with Gasteiger partial charge >= 0.3 is 6.09 Å². The third-order valence-electron chi connectivity index (χ3n) is 3.72. The van der Waals surface area contributed by atoms with Crippen LogP contribution in [0.1, 0.15) is 17.5 Å². The summed E-state index contributed by atoms with van der Waals surface area (Å²) < 4.78 is 10.2. The van der Waals surface area contributed by atoms with Crippen molar-refractivity contribution in [1.82, 2.24) is 10.6 Å². The highest BCUT2D eigenvalue weighted by atomic mass is 32.2. The standard InChI is InChI=1S/C18H16N2O6S/c1-2-25-18(24)20-15(22)11-7-8-27-17(11)19-16(23)14-9-12(21)10-5-3-4-6-13(10)26-14/h3-7,9,17H,2,8H2,1H3,(H,19,23)(H,20,22,24). The molecule has 1 unspecified atom stereocenters. The lowest BCUT2D eigenvalue weighted by Crippen LogP contribution is -2.40. The van der Waals surface area contributed by atoms with Crippen LogP contribution in [-0.4, -0.2) is 35.6 Å². The monoisotopic (exact) mass is 388 g/mol. The fourth-order valence-electron chi connectivity index (χ4n) is 2.50. The summed E-state index contributed by atoms with van der Waals surface area (Å²) in [5, 5.41) is 4.42. The molecule has 1 aromatic heterocycles. The van der Waals surface area contributed by atoms with Gasteiger partial charge in [0.2, 0.25) is 0 Å². The molecule has 140 valence electrons. The minimum absolute atomic E-state index is 0.133. The number of carbonyl (C=O) groups excluding carboxylic acids is 3. The molecule has 1 aromatic carbocycles. The summed E-state index contributed by atoms with van der Waals surface area (Å²) >= 11 is 1.29. The summed E-state index contributed by atoms with van der Waals surface area (Å²) in [6.45, 7) is 1.75. The number of para-hydroxylation sites is 1. The van der Waals surface area contributed by atoms with E-state index in [1.807, 2.05) is 0 Å². The third kappa shape index (κ3) is 4.20. The van der Waals surface area contributed by atoms with E-state index in [2.05, 4.69) is 15.4 Å². The Morgan fingerprint density at radius 3 is 2.81 bits per heavy atom. The maximum absolute atomic E-state index is 12.5. The van der Waals surface area contributed by atoms with Crippen molar-refractivity contribution in [3.05, 3.63) is 58.0 Å². The van der Waals surface area contributed by atoms with Gasteiger partial charge in [-0.25, -0.2) is 4.79 Å². The zero-order valence-electron chi connectivity index (χ0n) is 14.3.